The Labute approximate surface area is 297 Å². The Hall–Kier alpha value is -4.53. The van der Waals surface area contributed by atoms with Gasteiger partial charge in [0.25, 0.3) is 0 Å². The molecule has 0 unspecified atom stereocenters. The fraction of sp³-hybridized carbons (Fsp3) is 0.209. The van der Waals surface area contributed by atoms with Gasteiger partial charge < -0.3 is 9.67 Å². The van der Waals surface area contributed by atoms with Crippen molar-refractivity contribution >= 4 is 21.9 Å². The summed E-state index contributed by atoms with van der Waals surface area (Å²) in [6, 6.07) is 39.1. The van der Waals surface area contributed by atoms with E-state index in [1.807, 2.05) is 42.6 Å². The summed E-state index contributed by atoms with van der Waals surface area (Å²) in [5.41, 5.74) is 12.0. The van der Waals surface area contributed by atoms with Crippen molar-refractivity contribution in [3.8, 4) is 45.1 Å². The summed E-state index contributed by atoms with van der Waals surface area (Å²) in [6.07, 6.45) is 1.86. The Bertz CT molecular complexity index is 2300. The molecule has 0 atom stereocenters. The van der Waals surface area contributed by atoms with Crippen molar-refractivity contribution in [2.75, 3.05) is 0 Å². The van der Waals surface area contributed by atoms with E-state index in [9.17, 15) is 5.11 Å². The van der Waals surface area contributed by atoms with Gasteiger partial charge in [-0.1, -0.05) is 113 Å². The van der Waals surface area contributed by atoms with Crippen molar-refractivity contribution in [2.45, 2.75) is 59.3 Å². The number of hydrogen-bond acceptors (Lipinski definition) is 3. The second-order valence-electron chi connectivity index (χ2n) is 14.5. The smallest absolute Gasteiger partial charge is 0.123 e. The Morgan fingerprint density at radius 2 is 1.35 bits per heavy atom. The zero-order valence-corrected chi connectivity index (χ0v) is 30.8. The standard InChI is InChI=1S/C43H40N3O.Pt/c1-27-23-31(42(2,3)4)20-21-36(27)46-37-18-11-17-34(33-16-8-9-19-38(33)47)40(37)45-41(46)30-14-10-13-28(24-30)35-26-32(43(5,6)7)25-29-15-12-22-44-39(29)35;/h8-23,25-26,47H,1-7H3;/q-1;. The molecule has 0 fully saturated rings. The predicted molar refractivity (Wildman–Crippen MR) is 195 cm³/mol. The molecule has 0 aliphatic carbocycles. The molecule has 7 rings (SSSR count). The van der Waals surface area contributed by atoms with Gasteiger partial charge in [0.15, 0.2) is 0 Å². The number of fused-ring (bicyclic) bond motifs is 2. The predicted octanol–water partition coefficient (Wildman–Crippen LogP) is 11.0. The molecular formula is C43H40N3OPt-. The summed E-state index contributed by atoms with van der Waals surface area (Å²) >= 11 is 0. The fourth-order valence-corrected chi connectivity index (χ4v) is 6.40. The van der Waals surface area contributed by atoms with Crippen LogP contribution in [-0.4, -0.2) is 19.6 Å². The minimum atomic E-state index is -0.0273. The number of imidazole rings is 1. The van der Waals surface area contributed by atoms with Crippen LogP contribution in [0, 0.1) is 13.0 Å². The number of pyridine rings is 1. The monoisotopic (exact) mass is 809 g/mol. The van der Waals surface area contributed by atoms with Gasteiger partial charge in [-0.2, -0.15) is 0 Å². The van der Waals surface area contributed by atoms with Crippen molar-refractivity contribution in [2.24, 2.45) is 0 Å². The summed E-state index contributed by atoms with van der Waals surface area (Å²) in [7, 11) is 0. The quantitative estimate of drug-likeness (QED) is 0.180. The summed E-state index contributed by atoms with van der Waals surface area (Å²) in [4.78, 5) is 10.2. The number of para-hydroxylation sites is 2. The van der Waals surface area contributed by atoms with Crippen molar-refractivity contribution in [3.63, 3.8) is 0 Å². The Morgan fingerprint density at radius 3 is 2.08 bits per heavy atom. The van der Waals surface area contributed by atoms with Gasteiger partial charge in [0.1, 0.15) is 5.75 Å². The van der Waals surface area contributed by atoms with Crippen molar-refractivity contribution < 1.29 is 26.2 Å². The van der Waals surface area contributed by atoms with Gasteiger partial charge in [0.2, 0.25) is 0 Å². The molecule has 5 heteroatoms. The summed E-state index contributed by atoms with van der Waals surface area (Å²) < 4.78 is 2.25. The number of nitrogens with zero attached hydrogens (tertiary/aromatic N) is 3. The summed E-state index contributed by atoms with van der Waals surface area (Å²) in [5, 5.41) is 12.0. The van der Waals surface area contributed by atoms with Gasteiger partial charge in [-0.15, -0.1) is 29.8 Å². The minimum Gasteiger partial charge on any atom is -0.507 e. The molecule has 0 bridgehead atoms. The van der Waals surface area contributed by atoms with E-state index in [1.165, 1.54) is 11.1 Å². The van der Waals surface area contributed by atoms with E-state index in [0.29, 0.717) is 0 Å². The fourth-order valence-electron chi connectivity index (χ4n) is 6.40. The van der Waals surface area contributed by atoms with Crippen LogP contribution in [-0.2, 0) is 31.9 Å². The van der Waals surface area contributed by atoms with E-state index in [-0.39, 0.29) is 37.6 Å². The molecule has 4 nitrogen and oxygen atoms in total. The third-order valence-electron chi connectivity index (χ3n) is 9.08. The number of benzene rings is 5. The number of aromatic hydroxyl groups is 1. The van der Waals surface area contributed by atoms with Crippen LogP contribution in [0.4, 0.5) is 0 Å². The SMILES string of the molecule is Cc1cc(C(C)(C)C)ccc1-n1c(-c2[c-]c(-c3cc(C(C)(C)C)cc4cccnc34)ccc2)nc2c(-c3ccccc3O)cccc21.[Pt]. The van der Waals surface area contributed by atoms with Gasteiger partial charge in [0, 0.05) is 49.6 Å². The molecule has 2 aromatic heterocycles. The van der Waals surface area contributed by atoms with Crippen LogP contribution in [0.15, 0.2) is 109 Å². The molecule has 0 aliphatic rings. The molecule has 244 valence electrons. The van der Waals surface area contributed by atoms with E-state index in [4.69, 9.17) is 9.97 Å². The Kier molecular flexibility index (Phi) is 8.68. The number of rotatable bonds is 4. The summed E-state index contributed by atoms with van der Waals surface area (Å²) in [5.74, 6) is 1.02. The average Bonchev–Trinajstić information content (AvgIpc) is 3.43. The van der Waals surface area contributed by atoms with Crippen LogP contribution in [0.3, 0.4) is 0 Å². The van der Waals surface area contributed by atoms with E-state index < -0.39 is 0 Å². The Balaban J connectivity index is 0.00000401. The van der Waals surface area contributed by atoms with Crippen LogP contribution < -0.4 is 0 Å². The third kappa shape index (κ3) is 5.99. The molecule has 2 heterocycles. The second-order valence-corrected chi connectivity index (χ2v) is 14.5. The normalized spacial score (nSPS) is 12.0. The van der Waals surface area contributed by atoms with E-state index >= 15 is 0 Å². The summed E-state index contributed by atoms with van der Waals surface area (Å²) in [6.45, 7) is 15.6. The van der Waals surface area contributed by atoms with E-state index in [2.05, 4.69) is 120 Å². The topological polar surface area (TPSA) is 50.9 Å². The molecule has 0 saturated carbocycles. The van der Waals surface area contributed by atoms with Crippen molar-refractivity contribution in [1.29, 1.82) is 0 Å². The van der Waals surface area contributed by atoms with E-state index in [0.717, 1.165) is 66.8 Å². The average molecular weight is 810 g/mol. The maximum Gasteiger partial charge on any atom is 0.123 e. The number of aromatic nitrogens is 3. The van der Waals surface area contributed by atoms with Gasteiger partial charge in [-0.05, 0) is 64.1 Å². The van der Waals surface area contributed by atoms with Crippen LogP contribution >= 0.6 is 0 Å². The molecule has 0 saturated heterocycles. The van der Waals surface area contributed by atoms with Crippen LogP contribution in [0.2, 0.25) is 0 Å². The van der Waals surface area contributed by atoms with Crippen molar-refractivity contribution in [1.82, 2.24) is 14.5 Å². The van der Waals surface area contributed by atoms with Gasteiger partial charge in [0.05, 0.1) is 16.9 Å². The third-order valence-corrected chi connectivity index (χ3v) is 9.08. The molecule has 0 aliphatic heterocycles. The minimum absolute atomic E-state index is 0. The first-order valence-electron chi connectivity index (χ1n) is 16.2. The second kappa shape index (κ2) is 12.5. The maximum absolute atomic E-state index is 10.9. The van der Waals surface area contributed by atoms with E-state index in [1.54, 1.807) is 6.07 Å². The number of hydrogen-bond donors (Lipinski definition) is 1. The van der Waals surface area contributed by atoms with Gasteiger partial charge in [-0.25, -0.2) is 0 Å². The molecule has 1 N–H and O–H groups in total. The first-order valence-corrected chi connectivity index (χ1v) is 16.2. The molecular weight excluding hydrogens is 770 g/mol. The van der Waals surface area contributed by atoms with Crippen molar-refractivity contribution in [3.05, 3.63) is 132 Å². The van der Waals surface area contributed by atoms with Crippen LogP contribution in [0.5, 0.6) is 5.75 Å². The molecule has 0 spiro atoms. The molecule has 5 aromatic carbocycles. The van der Waals surface area contributed by atoms with Crippen LogP contribution in [0.25, 0.3) is 61.3 Å². The number of phenols is 1. The number of phenolic OH excluding ortho intramolecular Hbond substituents is 1. The zero-order valence-electron chi connectivity index (χ0n) is 28.5. The van der Waals surface area contributed by atoms with Crippen LogP contribution in [0.1, 0.15) is 58.2 Å². The first kappa shape index (κ1) is 33.4. The molecule has 48 heavy (non-hydrogen) atoms. The number of aryl methyl sites for hydroxylation is 1. The largest absolute Gasteiger partial charge is 0.507 e. The maximum atomic E-state index is 10.9. The first-order chi connectivity index (χ1) is 22.4. The molecule has 7 aromatic rings. The Morgan fingerprint density at radius 1 is 0.646 bits per heavy atom. The van der Waals surface area contributed by atoms with Gasteiger partial charge >= 0.3 is 0 Å². The molecule has 0 radical (unpaired) electrons. The van der Waals surface area contributed by atoms with Gasteiger partial charge in [-0.3, -0.25) is 9.97 Å². The molecule has 0 amide bonds. The zero-order chi connectivity index (χ0) is 33.1.